The first-order chi connectivity index (χ1) is 13.4. The van der Waals surface area contributed by atoms with Crippen LogP contribution in [0.25, 0.3) is 0 Å². The van der Waals surface area contributed by atoms with E-state index in [0.29, 0.717) is 6.61 Å². The van der Waals surface area contributed by atoms with Gasteiger partial charge in [-0.15, -0.1) is 0 Å². The highest BCUT2D eigenvalue weighted by Gasteiger charge is 2.58. The molecule has 28 heavy (non-hydrogen) atoms. The molecule has 1 aromatic rings. The molecule has 1 saturated heterocycles. The van der Waals surface area contributed by atoms with Crippen LogP contribution < -0.4 is 4.74 Å². The molecule has 1 saturated carbocycles. The van der Waals surface area contributed by atoms with E-state index in [9.17, 15) is 10.2 Å². The third kappa shape index (κ3) is 4.67. The Morgan fingerprint density at radius 2 is 1.64 bits per heavy atom. The van der Waals surface area contributed by atoms with Crippen molar-refractivity contribution >= 4 is 0 Å². The minimum Gasteiger partial charge on any atom is -0.497 e. The highest BCUT2D eigenvalue weighted by atomic mass is 16.8. The van der Waals surface area contributed by atoms with Gasteiger partial charge in [-0.3, -0.25) is 0 Å². The highest BCUT2D eigenvalue weighted by Crippen LogP contribution is 2.39. The molecular formula is C21H32O7. The normalized spacial score (nSPS) is 34.2. The van der Waals surface area contributed by atoms with Crippen LogP contribution >= 0.6 is 0 Å². The summed E-state index contributed by atoms with van der Waals surface area (Å²) in [5.41, 5.74) is 0.931. The predicted octanol–water partition coefficient (Wildman–Crippen LogP) is 2.02. The summed E-state index contributed by atoms with van der Waals surface area (Å²) in [6, 6.07) is 7.51. The van der Waals surface area contributed by atoms with Gasteiger partial charge < -0.3 is 33.9 Å². The molecule has 2 aliphatic rings. The van der Waals surface area contributed by atoms with Crippen LogP contribution in [0.1, 0.15) is 39.2 Å². The SMILES string of the molecule is CCCCOC1[C@@H](OCc2ccc(OC)cc2)C(O)C(O)C2OC(C)(C)O[C@@H]21. The number of hydrogen-bond donors (Lipinski definition) is 2. The van der Waals surface area contributed by atoms with E-state index in [1.807, 2.05) is 24.3 Å². The summed E-state index contributed by atoms with van der Waals surface area (Å²) in [6.45, 7) is 6.47. The zero-order valence-corrected chi connectivity index (χ0v) is 17.0. The zero-order valence-electron chi connectivity index (χ0n) is 17.0. The number of ether oxygens (including phenoxy) is 5. The maximum absolute atomic E-state index is 10.7. The molecule has 1 aliphatic carbocycles. The Balaban J connectivity index is 1.74. The molecule has 158 valence electrons. The van der Waals surface area contributed by atoms with Gasteiger partial charge >= 0.3 is 0 Å². The van der Waals surface area contributed by atoms with Crippen molar-refractivity contribution < 1.29 is 33.9 Å². The molecule has 1 aliphatic heterocycles. The van der Waals surface area contributed by atoms with E-state index in [0.717, 1.165) is 24.2 Å². The van der Waals surface area contributed by atoms with Crippen LogP contribution in [0.5, 0.6) is 5.75 Å². The largest absolute Gasteiger partial charge is 0.497 e. The molecule has 7 heteroatoms. The predicted molar refractivity (Wildman–Crippen MR) is 102 cm³/mol. The maximum Gasteiger partial charge on any atom is 0.164 e. The number of rotatable bonds is 8. The molecule has 2 fully saturated rings. The van der Waals surface area contributed by atoms with E-state index in [4.69, 9.17) is 23.7 Å². The molecule has 4 unspecified atom stereocenters. The average molecular weight is 396 g/mol. The summed E-state index contributed by atoms with van der Waals surface area (Å²) in [4.78, 5) is 0. The summed E-state index contributed by atoms with van der Waals surface area (Å²) >= 11 is 0. The van der Waals surface area contributed by atoms with Crippen LogP contribution in [0.3, 0.4) is 0 Å². The first-order valence-corrected chi connectivity index (χ1v) is 9.94. The second-order valence-electron chi connectivity index (χ2n) is 7.86. The lowest BCUT2D eigenvalue weighted by molar-refractivity contribution is -0.224. The van der Waals surface area contributed by atoms with Crippen LogP contribution in [0.15, 0.2) is 24.3 Å². The smallest absolute Gasteiger partial charge is 0.164 e. The molecule has 1 aromatic carbocycles. The molecule has 3 rings (SSSR count). The molecule has 1 heterocycles. The molecule has 0 radical (unpaired) electrons. The van der Waals surface area contributed by atoms with Gasteiger partial charge in [-0.25, -0.2) is 0 Å². The monoisotopic (exact) mass is 396 g/mol. The van der Waals surface area contributed by atoms with Gasteiger partial charge in [-0.05, 0) is 38.0 Å². The summed E-state index contributed by atoms with van der Waals surface area (Å²) in [7, 11) is 1.62. The Bertz CT molecular complexity index is 618. The van der Waals surface area contributed by atoms with E-state index >= 15 is 0 Å². The van der Waals surface area contributed by atoms with Crippen LogP contribution in [0.4, 0.5) is 0 Å². The molecule has 7 nitrogen and oxygen atoms in total. The second kappa shape index (κ2) is 9.07. The van der Waals surface area contributed by atoms with E-state index < -0.39 is 42.4 Å². The molecule has 0 bridgehead atoms. The average Bonchev–Trinajstić information content (AvgIpc) is 3.01. The Kier molecular flexibility index (Phi) is 6.96. The van der Waals surface area contributed by atoms with Crippen LogP contribution in [-0.4, -0.2) is 66.3 Å². The van der Waals surface area contributed by atoms with E-state index in [1.165, 1.54) is 0 Å². The number of aliphatic hydroxyl groups is 2. The first-order valence-electron chi connectivity index (χ1n) is 9.94. The van der Waals surface area contributed by atoms with Crippen molar-refractivity contribution in [3.63, 3.8) is 0 Å². The topological polar surface area (TPSA) is 86.6 Å². The summed E-state index contributed by atoms with van der Waals surface area (Å²) < 4.78 is 29.1. The van der Waals surface area contributed by atoms with Gasteiger partial charge in [0.1, 0.15) is 42.4 Å². The van der Waals surface area contributed by atoms with E-state index in [1.54, 1.807) is 21.0 Å². The number of benzene rings is 1. The fourth-order valence-electron chi connectivity index (χ4n) is 3.77. The van der Waals surface area contributed by atoms with Gasteiger partial charge in [0.2, 0.25) is 0 Å². The van der Waals surface area contributed by atoms with Gasteiger partial charge in [-0.2, -0.15) is 0 Å². The number of hydrogen-bond acceptors (Lipinski definition) is 7. The fraction of sp³-hybridized carbons (Fsp3) is 0.714. The van der Waals surface area contributed by atoms with Crippen LogP contribution in [-0.2, 0) is 25.6 Å². The van der Waals surface area contributed by atoms with Crippen LogP contribution in [0.2, 0.25) is 0 Å². The van der Waals surface area contributed by atoms with Gasteiger partial charge in [-0.1, -0.05) is 25.5 Å². The Hall–Kier alpha value is -1.22. The van der Waals surface area contributed by atoms with Gasteiger partial charge in [0.15, 0.2) is 5.79 Å². The van der Waals surface area contributed by atoms with Gasteiger partial charge in [0, 0.05) is 6.61 Å². The maximum atomic E-state index is 10.7. The molecular weight excluding hydrogens is 364 g/mol. The fourth-order valence-corrected chi connectivity index (χ4v) is 3.77. The van der Waals surface area contributed by atoms with Crippen molar-refractivity contribution in [1.29, 1.82) is 0 Å². The minimum absolute atomic E-state index is 0.272. The Labute approximate surface area is 166 Å². The van der Waals surface area contributed by atoms with Gasteiger partial charge in [0.05, 0.1) is 13.7 Å². The minimum atomic E-state index is -1.14. The lowest BCUT2D eigenvalue weighted by Gasteiger charge is -2.43. The molecule has 0 aromatic heterocycles. The van der Waals surface area contributed by atoms with Crippen LogP contribution in [0, 0.1) is 0 Å². The number of aliphatic hydroxyl groups excluding tert-OH is 2. The van der Waals surface area contributed by atoms with Crippen molar-refractivity contribution in [3.05, 3.63) is 29.8 Å². The lowest BCUT2D eigenvalue weighted by atomic mass is 9.84. The number of fused-ring (bicyclic) bond motifs is 1. The van der Waals surface area contributed by atoms with Crippen molar-refractivity contribution in [3.8, 4) is 5.75 Å². The lowest BCUT2D eigenvalue weighted by Crippen LogP contribution is -2.64. The number of unbranched alkanes of at least 4 members (excludes halogenated alkanes) is 1. The number of methoxy groups -OCH3 is 1. The standard InChI is InChI=1S/C21H32O7/c1-5-6-11-25-19-17(26-12-13-7-9-14(24-4)10-8-13)15(22)16(23)18-20(19)28-21(2,3)27-18/h7-10,15-20,22-23H,5-6,11-12H2,1-4H3/t15?,16?,17-,18?,19?,20-/m0/s1. The Morgan fingerprint density at radius 1 is 0.964 bits per heavy atom. The van der Waals surface area contributed by atoms with E-state index in [-0.39, 0.29) is 6.61 Å². The van der Waals surface area contributed by atoms with Crippen molar-refractivity contribution in [2.75, 3.05) is 13.7 Å². The first kappa shape index (κ1) is 21.5. The summed E-state index contributed by atoms with van der Waals surface area (Å²) in [5.74, 6) is -0.0907. The third-order valence-electron chi connectivity index (χ3n) is 5.24. The molecule has 6 atom stereocenters. The van der Waals surface area contributed by atoms with Crippen molar-refractivity contribution in [1.82, 2.24) is 0 Å². The van der Waals surface area contributed by atoms with Crippen molar-refractivity contribution in [2.45, 2.75) is 82.6 Å². The molecule has 2 N–H and O–H groups in total. The zero-order chi connectivity index (χ0) is 20.3. The van der Waals surface area contributed by atoms with Gasteiger partial charge in [0.25, 0.3) is 0 Å². The highest BCUT2D eigenvalue weighted by molar-refractivity contribution is 5.26. The quantitative estimate of drug-likeness (QED) is 0.650. The second-order valence-corrected chi connectivity index (χ2v) is 7.86. The molecule has 0 amide bonds. The Morgan fingerprint density at radius 3 is 2.29 bits per heavy atom. The van der Waals surface area contributed by atoms with E-state index in [2.05, 4.69) is 6.92 Å². The third-order valence-corrected chi connectivity index (χ3v) is 5.24. The van der Waals surface area contributed by atoms with Crippen molar-refractivity contribution in [2.24, 2.45) is 0 Å². The molecule has 0 spiro atoms. The summed E-state index contributed by atoms with van der Waals surface area (Å²) in [6.07, 6.45) is -2.79. The summed E-state index contributed by atoms with van der Waals surface area (Å²) in [5, 5.41) is 21.3.